The average molecular weight is 173 g/mol. The van der Waals surface area contributed by atoms with Gasteiger partial charge in [-0.3, -0.25) is 14.8 Å². The number of amides is 1. The van der Waals surface area contributed by atoms with Crippen LogP contribution in [0.15, 0.2) is 30.6 Å². The fourth-order valence-corrected chi connectivity index (χ4v) is 1.16. The molecule has 0 unspecified atom stereocenters. The smallest absolute Gasteiger partial charge is 0.211 e. The third-order valence-electron chi connectivity index (χ3n) is 1.71. The molecule has 0 saturated carbocycles. The van der Waals surface area contributed by atoms with Gasteiger partial charge in [-0.15, -0.1) is 0 Å². The minimum atomic E-state index is 0.628. The third kappa shape index (κ3) is 1.33. The molecule has 2 aromatic heterocycles. The van der Waals surface area contributed by atoms with Crippen LogP contribution in [0, 0.1) is 0 Å². The molecule has 64 valence electrons. The second-order valence-electron chi connectivity index (χ2n) is 2.49. The Labute approximate surface area is 74.6 Å². The van der Waals surface area contributed by atoms with Gasteiger partial charge in [0.25, 0.3) is 0 Å². The van der Waals surface area contributed by atoms with Gasteiger partial charge in [-0.25, -0.2) is 0 Å². The molecule has 0 aliphatic carbocycles. The largest absolute Gasteiger partial charge is 0.327 e. The number of carbonyl (C=O) groups is 1. The first-order chi connectivity index (χ1) is 6.42. The van der Waals surface area contributed by atoms with Crippen molar-refractivity contribution in [3.8, 4) is 0 Å². The molecule has 1 amide bonds. The summed E-state index contributed by atoms with van der Waals surface area (Å²) in [6, 6.07) is 5.36. The van der Waals surface area contributed by atoms with Gasteiger partial charge < -0.3 is 5.32 Å². The van der Waals surface area contributed by atoms with E-state index in [-0.39, 0.29) is 0 Å². The Balaban J connectivity index is 2.68. The highest BCUT2D eigenvalue weighted by atomic mass is 16.1. The molecule has 0 fully saturated rings. The third-order valence-corrected chi connectivity index (χ3v) is 1.71. The standard InChI is InChI=1S/C9H7N3O/c13-6-12-8-3-5-10-7-2-1-4-11-9(7)8/h1-6H,(H,10,12,13). The molecule has 2 aromatic rings. The average Bonchev–Trinajstić information content (AvgIpc) is 2.19. The number of hydrogen-bond donors (Lipinski definition) is 1. The summed E-state index contributed by atoms with van der Waals surface area (Å²) in [7, 11) is 0. The van der Waals surface area contributed by atoms with Crippen LogP contribution in [0.3, 0.4) is 0 Å². The van der Waals surface area contributed by atoms with Crippen molar-refractivity contribution in [1.82, 2.24) is 9.97 Å². The van der Waals surface area contributed by atoms with Crippen LogP contribution in [0.2, 0.25) is 0 Å². The summed E-state index contributed by atoms with van der Waals surface area (Å²) in [5, 5.41) is 2.57. The van der Waals surface area contributed by atoms with Crippen molar-refractivity contribution in [2.75, 3.05) is 5.32 Å². The van der Waals surface area contributed by atoms with Gasteiger partial charge in [0.1, 0.15) is 5.52 Å². The van der Waals surface area contributed by atoms with Crippen molar-refractivity contribution in [3.05, 3.63) is 30.6 Å². The Morgan fingerprint density at radius 1 is 1.23 bits per heavy atom. The number of carbonyl (C=O) groups excluding carboxylic acids is 1. The van der Waals surface area contributed by atoms with E-state index in [1.165, 1.54) is 0 Å². The Morgan fingerprint density at radius 2 is 2.15 bits per heavy atom. The lowest BCUT2D eigenvalue weighted by Gasteiger charge is -2.01. The summed E-state index contributed by atoms with van der Waals surface area (Å²) < 4.78 is 0. The quantitative estimate of drug-likeness (QED) is 0.694. The van der Waals surface area contributed by atoms with Crippen LogP contribution in [0.5, 0.6) is 0 Å². The maximum absolute atomic E-state index is 10.3. The molecule has 0 bridgehead atoms. The Morgan fingerprint density at radius 3 is 3.00 bits per heavy atom. The number of aromatic nitrogens is 2. The van der Waals surface area contributed by atoms with Crippen LogP contribution in [0.4, 0.5) is 5.69 Å². The number of pyridine rings is 2. The van der Waals surface area contributed by atoms with Crippen molar-refractivity contribution in [3.63, 3.8) is 0 Å². The highest BCUT2D eigenvalue weighted by molar-refractivity contribution is 5.91. The van der Waals surface area contributed by atoms with Gasteiger partial charge in [0.2, 0.25) is 6.41 Å². The molecule has 4 heteroatoms. The van der Waals surface area contributed by atoms with Crippen LogP contribution < -0.4 is 5.32 Å². The van der Waals surface area contributed by atoms with Gasteiger partial charge in [-0.05, 0) is 18.2 Å². The lowest BCUT2D eigenvalue weighted by Crippen LogP contribution is -1.96. The van der Waals surface area contributed by atoms with E-state index in [4.69, 9.17) is 0 Å². The minimum Gasteiger partial charge on any atom is -0.327 e. The molecule has 13 heavy (non-hydrogen) atoms. The number of anilines is 1. The van der Waals surface area contributed by atoms with Crippen molar-refractivity contribution in [2.24, 2.45) is 0 Å². The Bertz CT molecular complexity index is 436. The van der Waals surface area contributed by atoms with Crippen LogP contribution in [0.25, 0.3) is 11.0 Å². The zero-order chi connectivity index (χ0) is 9.10. The number of rotatable bonds is 2. The summed E-state index contributed by atoms with van der Waals surface area (Å²) in [6.07, 6.45) is 3.93. The zero-order valence-corrected chi connectivity index (χ0v) is 6.77. The van der Waals surface area contributed by atoms with E-state index < -0.39 is 0 Å². The van der Waals surface area contributed by atoms with Gasteiger partial charge in [0, 0.05) is 12.4 Å². The molecular formula is C9H7N3O. The molecule has 2 rings (SSSR count). The van der Waals surface area contributed by atoms with E-state index in [9.17, 15) is 4.79 Å². The highest BCUT2D eigenvalue weighted by Gasteiger charge is 1.99. The zero-order valence-electron chi connectivity index (χ0n) is 6.77. The van der Waals surface area contributed by atoms with E-state index in [1.54, 1.807) is 24.5 Å². The normalized spacial score (nSPS) is 9.85. The molecule has 2 heterocycles. The fraction of sp³-hybridized carbons (Fsp3) is 0. The number of nitrogens with one attached hydrogen (secondary N) is 1. The summed E-state index contributed by atoms with van der Waals surface area (Å²) in [6.45, 7) is 0. The predicted octanol–water partition coefficient (Wildman–Crippen LogP) is 1.20. The number of hydrogen-bond acceptors (Lipinski definition) is 3. The lowest BCUT2D eigenvalue weighted by molar-refractivity contribution is -0.105. The molecule has 0 aromatic carbocycles. The van der Waals surface area contributed by atoms with Crippen molar-refractivity contribution in [2.45, 2.75) is 0 Å². The van der Waals surface area contributed by atoms with E-state index >= 15 is 0 Å². The number of nitrogens with zero attached hydrogens (tertiary/aromatic N) is 2. The topological polar surface area (TPSA) is 54.9 Å². The van der Waals surface area contributed by atoms with Crippen LogP contribution >= 0.6 is 0 Å². The SMILES string of the molecule is O=CNc1ccnc2cccnc12. The molecule has 0 aliphatic rings. The van der Waals surface area contributed by atoms with Crippen molar-refractivity contribution < 1.29 is 4.79 Å². The summed E-state index contributed by atoms with van der Waals surface area (Å²) in [5.41, 5.74) is 2.16. The molecule has 0 atom stereocenters. The van der Waals surface area contributed by atoms with Gasteiger partial charge in [0.15, 0.2) is 0 Å². The minimum absolute atomic E-state index is 0.628. The molecule has 0 radical (unpaired) electrons. The maximum Gasteiger partial charge on any atom is 0.211 e. The molecule has 0 spiro atoms. The highest BCUT2D eigenvalue weighted by Crippen LogP contribution is 2.17. The Kier molecular flexibility index (Phi) is 1.88. The van der Waals surface area contributed by atoms with E-state index in [0.29, 0.717) is 17.6 Å². The van der Waals surface area contributed by atoms with Gasteiger partial charge in [-0.1, -0.05) is 0 Å². The first-order valence-corrected chi connectivity index (χ1v) is 3.82. The first kappa shape index (κ1) is 7.67. The fourth-order valence-electron chi connectivity index (χ4n) is 1.16. The molecule has 0 saturated heterocycles. The maximum atomic E-state index is 10.3. The van der Waals surface area contributed by atoms with E-state index in [1.807, 2.05) is 6.07 Å². The van der Waals surface area contributed by atoms with Crippen LogP contribution in [0.1, 0.15) is 0 Å². The van der Waals surface area contributed by atoms with Gasteiger partial charge in [0.05, 0.1) is 11.2 Å². The van der Waals surface area contributed by atoms with E-state index in [0.717, 1.165) is 5.52 Å². The predicted molar refractivity (Wildman–Crippen MR) is 49.2 cm³/mol. The molecule has 1 N–H and O–H groups in total. The van der Waals surface area contributed by atoms with Crippen LogP contribution in [-0.4, -0.2) is 16.4 Å². The van der Waals surface area contributed by atoms with Gasteiger partial charge >= 0.3 is 0 Å². The second-order valence-corrected chi connectivity index (χ2v) is 2.49. The van der Waals surface area contributed by atoms with Crippen molar-refractivity contribution in [1.29, 1.82) is 0 Å². The number of fused-ring (bicyclic) bond motifs is 1. The molecule has 4 nitrogen and oxygen atoms in total. The van der Waals surface area contributed by atoms with Crippen LogP contribution in [-0.2, 0) is 4.79 Å². The first-order valence-electron chi connectivity index (χ1n) is 3.82. The lowest BCUT2D eigenvalue weighted by atomic mass is 10.3. The molecular weight excluding hydrogens is 166 g/mol. The van der Waals surface area contributed by atoms with Gasteiger partial charge in [-0.2, -0.15) is 0 Å². The molecule has 0 aliphatic heterocycles. The Hall–Kier alpha value is -1.97. The second kappa shape index (κ2) is 3.18. The summed E-state index contributed by atoms with van der Waals surface area (Å²) in [4.78, 5) is 18.5. The summed E-state index contributed by atoms with van der Waals surface area (Å²) >= 11 is 0. The van der Waals surface area contributed by atoms with Crippen molar-refractivity contribution >= 4 is 23.1 Å². The summed E-state index contributed by atoms with van der Waals surface area (Å²) in [5.74, 6) is 0. The monoisotopic (exact) mass is 173 g/mol. The van der Waals surface area contributed by atoms with E-state index in [2.05, 4.69) is 15.3 Å².